The van der Waals surface area contributed by atoms with Gasteiger partial charge in [0.2, 0.25) is 0 Å². The highest BCUT2D eigenvalue weighted by atomic mass is 15.0. The fourth-order valence-corrected chi connectivity index (χ4v) is 3.10. The first-order valence-electron chi connectivity index (χ1n) is 8.44. The van der Waals surface area contributed by atoms with Gasteiger partial charge in [0.1, 0.15) is 0 Å². The molecular weight excluding hydrogens is 254 g/mol. The van der Waals surface area contributed by atoms with Crippen molar-refractivity contribution in [2.75, 3.05) is 6.54 Å². The summed E-state index contributed by atoms with van der Waals surface area (Å²) in [5.41, 5.74) is 3.90. The Morgan fingerprint density at radius 2 is 1.52 bits per heavy atom. The molecule has 1 aromatic rings. The highest BCUT2D eigenvalue weighted by molar-refractivity contribution is 5.28. The molecule has 0 saturated heterocycles. The summed E-state index contributed by atoms with van der Waals surface area (Å²) >= 11 is 0. The van der Waals surface area contributed by atoms with Gasteiger partial charge in [-0.15, -0.1) is 0 Å². The molecule has 1 N–H and O–H groups in total. The van der Waals surface area contributed by atoms with E-state index in [0.717, 1.165) is 6.54 Å². The van der Waals surface area contributed by atoms with Gasteiger partial charge in [-0.2, -0.15) is 0 Å². The van der Waals surface area contributed by atoms with Crippen molar-refractivity contribution in [2.24, 2.45) is 5.41 Å². The zero-order valence-corrected chi connectivity index (χ0v) is 14.8. The highest BCUT2D eigenvalue weighted by Gasteiger charge is 2.37. The molecule has 2 rings (SSSR count). The molecule has 0 heterocycles. The summed E-state index contributed by atoms with van der Waals surface area (Å²) in [7, 11) is 0. The Bertz CT molecular complexity index is 452. The van der Waals surface area contributed by atoms with Crippen LogP contribution in [0.25, 0.3) is 0 Å². The van der Waals surface area contributed by atoms with E-state index in [1.165, 1.54) is 36.8 Å². The second-order valence-corrected chi connectivity index (χ2v) is 9.08. The molecule has 0 aliphatic heterocycles. The third-order valence-corrected chi connectivity index (χ3v) is 4.81. The van der Waals surface area contributed by atoms with Crippen molar-refractivity contribution in [3.8, 4) is 0 Å². The fraction of sp³-hybridized carbons (Fsp3) is 0.700. The van der Waals surface area contributed by atoms with Gasteiger partial charge < -0.3 is 5.32 Å². The Morgan fingerprint density at radius 3 is 1.90 bits per heavy atom. The van der Waals surface area contributed by atoms with Gasteiger partial charge in [0.05, 0.1) is 0 Å². The minimum absolute atomic E-state index is 0.221. The Balaban J connectivity index is 2.02. The van der Waals surface area contributed by atoms with E-state index >= 15 is 0 Å². The Labute approximate surface area is 131 Å². The maximum absolute atomic E-state index is 3.72. The molecule has 0 amide bonds. The van der Waals surface area contributed by atoms with E-state index < -0.39 is 0 Å². The van der Waals surface area contributed by atoms with Crippen molar-refractivity contribution >= 4 is 0 Å². The van der Waals surface area contributed by atoms with Crippen LogP contribution in [0.2, 0.25) is 0 Å². The first-order valence-corrected chi connectivity index (χ1v) is 8.44. The van der Waals surface area contributed by atoms with Crippen LogP contribution in [-0.4, -0.2) is 12.1 Å². The van der Waals surface area contributed by atoms with Crippen LogP contribution in [-0.2, 0) is 11.8 Å². The molecular formula is C20H33N. The third-order valence-electron chi connectivity index (χ3n) is 4.81. The Morgan fingerprint density at radius 1 is 0.952 bits per heavy atom. The lowest BCUT2D eigenvalue weighted by atomic mass is 9.65. The van der Waals surface area contributed by atoms with E-state index in [-0.39, 0.29) is 11.0 Å². The van der Waals surface area contributed by atoms with E-state index in [0.29, 0.717) is 5.41 Å². The summed E-state index contributed by atoms with van der Waals surface area (Å²) in [5.74, 6) is 0. The van der Waals surface area contributed by atoms with Gasteiger partial charge in [0, 0.05) is 12.1 Å². The number of hydrogen-bond donors (Lipinski definition) is 1. The van der Waals surface area contributed by atoms with Crippen LogP contribution in [0.4, 0.5) is 0 Å². The van der Waals surface area contributed by atoms with Crippen molar-refractivity contribution in [3.05, 3.63) is 35.4 Å². The summed E-state index contributed by atoms with van der Waals surface area (Å²) in [4.78, 5) is 0. The average Bonchev–Trinajstić information content (AvgIpc) is 2.31. The zero-order chi connectivity index (χ0) is 15.7. The lowest BCUT2D eigenvalue weighted by molar-refractivity contribution is 0.118. The molecule has 1 heteroatoms. The molecule has 0 radical (unpaired) electrons. The molecule has 118 valence electrons. The minimum atomic E-state index is 0.221. The molecule has 0 spiro atoms. The second kappa shape index (κ2) is 5.76. The molecule has 0 aromatic heterocycles. The van der Waals surface area contributed by atoms with Crippen LogP contribution in [0, 0.1) is 5.41 Å². The lowest BCUT2D eigenvalue weighted by Gasteiger charge is -2.44. The molecule has 1 aliphatic rings. The molecule has 0 unspecified atom stereocenters. The molecule has 21 heavy (non-hydrogen) atoms. The first kappa shape index (κ1) is 16.5. The van der Waals surface area contributed by atoms with E-state index in [9.17, 15) is 0 Å². The quantitative estimate of drug-likeness (QED) is 0.814. The molecule has 0 atom stereocenters. The van der Waals surface area contributed by atoms with Crippen LogP contribution >= 0.6 is 0 Å². The predicted molar refractivity (Wildman–Crippen MR) is 92.9 cm³/mol. The molecule has 0 bridgehead atoms. The zero-order valence-electron chi connectivity index (χ0n) is 14.8. The summed E-state index contributed by atoms with van der Waals surface area (Å²) in [6, 6.07) is 9.33. The largest absolute Gasteiger partial charge is 0.312 e. The van der Waals surface area contributed by atoms with Crippen LogP contribution in [0.5, 0.6) is 0 Å². The normalized spacial score (nSPS) is 18.4. The van der Waals surface area contributed by atoms with Crippen molar-refractivity contribution in [1.82, 2.24) is 5.32 Å². The van der Waals surface area contributed by atoms with E-state index in [2.05, 4.69) is 71.1 Å². The number of hydrogen-bond acceptors (Lipinski definition) is 1. The second-order valence-electron chi connectivity index (χ2n) is 9.08. The van der Waals surface area contributed by atoms with Crippen LogP contribution in [0.1, 0.15) is 71.9 Å². The molecule has 1 fully saturated rings. The standard InChI is InChI=1S/C20H33N/c1-18(2,3)17-10-8-16(9-11-17)14-20(12-7-13-20)15-21-19(4,5)6/h8-11,21H,7,12-15H2,1-6H3. The molecule has 1 aromatic carbocycles. The van der Waals surface area contributed by atoms with E-state index in [1.807, 2.05) is 0 Å². The maximum Gasteiger partial charge on any atom is 0.00967 e. The first-order chi connectivity index (χ1) is 9.60. The summed E-state index contributed by atoms with van der Waals surface area (Å²) in [5, 5.41) is 3.72. The smallest absolute Gasteiger partial charge is 0.00967 e. The van der Waals surface area contributed by atoms with Crippen molar-refractivity contribution in [3.63, 3.8) is 0 Å². The highest BCUT2D eigenvalue weighted by Crippen LogP contribution is 2.43. The Hall–Kier alpha value is -0.820. The molecule has 1 saturated carbocycles. The van der Waals surface area contributed by atoms with Gasteiger partial charge in [0.25, 0.3) is 0 Å². The van der Waals surface area contributed by atoms with Crippen LogP contribution in [0.15, 0.2) is 24.3 Å². The minimum Gasteiger partial charge on any atom is -0.312 e. The monoisotopic (exact) mass is 287 g/mol. The predicted octanol–water partition coefficient (Wildman–Crippen LogP) is 5.09. The topological polar surface area (TPSA) is 12.0 Å². The van der Waals surface area contributed by atoms with Crippen LogP contribution in [0.3, 0.4) is 0 Å². The average molecular weight is 287 g/mol. The van der Waals surface area contributed by atoms with E-state index in [4.69, 9.17) is 0 Å². The fourth-order valence-electron chi connectivity index (χ4n) is 3.10. The van der Waals surface area contributed by atoms with Crippen LogP contribution < -0.4 is 5.32 Å². The summed E-state index contributed by atoms with van der Waals surface area (Å²) < 4.78 is 0. The van der Waals surface area contributed by atoms with Gasteiger partial charge in [-0.25, -0.2) is 0 Å². The number of rotatable bonds is 4. The van der Waals surface area contributed by atoms with E-state index in [1.54, 1.807) is 0 Å². The third kappa shape index (κ3) is 4.57. The number of nitrogens with one attached hydrogen (secondary N) is 1. The molecule has 1 nitrogen and oxygen atoms in total. The lowest BCUT2D eigenvalue weighted by Crippen LogP contribution is -2.47. The number of benzene rings is 1. The Kier molecular flexibility index (Phi) is 4.54. The van der Waals surface area contributed by atoms with Gasteiger partial charge in [-0.3, -0.25) is 0 Å². The maximum atomic E-state index is 3.72. The van der Waals surface area contributed by atoms with Crippen molar-refractivity contribution in [1.29, 1.82) is 0 Å². The van der Waals surface area contributed by atoms with Crippen molar-refractivity contribution < 1.29 is 0 Å². The molecule has 1 aliphatic carbocycles. The van der Waals surface area contributed by atoms with Crippen molar-refractivity contribution in [2.45, 2.75) is 78.2 Å². The summed E-state index contributed by atoms with van der Waals surface area (Å²) in [6.07, 6.45) is 5.36. The summed E-state index contributed by atoms with van der Waals surface area (Å²) in [6.45, 7) is 14.8. The van der Waals surface area contributed by atoms with Gasteiger partial charge in [0.15, 0.2) is 0 Å². The van der Waals surface area contributed by atoms with Gasteiger partial charge in [-0.05, 0) is 62.0 Å². The SMILES string of the molecule is CC(C)(C)NCC1(Cc2ccc(C(C)(C)C)cc2)CCC1. The van der Waals surface area contributed by atoms with Gasteiger partial charge >= 0.3 is 0 Å². The van der Waals surface area contributed by atoms with Gasteiger partial charge in [-0.1, -0.05) is 51.5 Å².